The van der Waals surface area contributed by atoms with Crippen molar-refractivity contribution in [2.75, 3.05) is 13.7 Å². The third-order valence-electron chi connectivity index (χ3n) is 3.33. The summed E-state index contributed by atoms with van der Waals surface area (Å²) in [6, 6.07) is 8.10. The van der Waals surface area contributed by atoms with Crippen molar-refractivity contribution in [1.82, 2.24) is 4.90 Å². The summed E-state index contributed by atoms with van der Waals surface area (Å²) in [6.45, 7) is 3.15. The van der Waals surface area contributed by atoms with Crippen molar-refractivity contribution < 1.29 is 9.84 Å². The Morgan fingerprint density at radius 2 is 2.06 bits per heavy atom. The predicted molar refractivity (Wildman–Crippen MR) is 63.4 cm³/mol. The van der Waals surface area contributed by atoms with Gasteiger partial charge >= 0.3 is 0 Å². The molecule has 1 heterocycles. The monoisotopic (exact) mass is 221 g/mol. The van der Waals surface area contributed by atoms with Crippen LogP contribution in [0.15, 0.2) is 24.3 Å². The van der Waals surface area contributed by atoms with Gasteiger partial charge in [0.15, 0.2) is 0 Å². The fraction of sp³-hybridized carbons (Fsp3) is 0.538. The number of methoxy groups -OCH3 is 1. The summed E-state index contributed by atoms with van der Waals surface area (Å²) < 4.78 is 5.10. The lowest BCUT2D eigenvalue weighted by molar-refractivity contribution is -0.00282. The maximum absolute atomic E-state index is 10.2. The smallest absolute Gasteiger partial charge is 0.133 e. The van der Waals surface area contributed by atoms with E-state index in [2.05, 4.69) is 11.8 Å². The lowest BCUT2D eigenvalue weighted by Gasteiger charge is -2.27. The third kappa shape index (κ3) is 2.20. The Labute approximate surface area is 96.6 Å². The van der Waals surface area contributed by atoms with E-state index in [-0.39, 0.29) is 0 Å². The van der Waals surface area contributed by atoms with Crippen molar-refractivity contribution >= 4 is 0 Å². The number of benzene rings is 1. The lowest BCUT2D eigenvalue weighted by atomic mass is 10.1. The molecule has 1 saturated heterocycles. The van der Waals surface area contributed by atoms with Crippen LogP contribution in [0.3, 0.4) is 0 Å². The summed E-state index contributed by atoms with van der Waals surface area (Å²) in [5, 5.41) is 10.2. The Bertz CT molecular complexity index is 336. The van der Waals surface area contributed by atoms with E-state index in [1.165, 1.54) is 12.8 Å². The fourth-order valence-electron chi connectivity index (χ4n) is 2.29. The summed E-state index contributed by atoms with van der Waals surface area (Å²) in [4.78, 5) is 2.14. The second-order valence-electron chi connectivity index (χ2n) is 4.38. The van der Waals surface area contributed by atoms with Crippen molar-refractivity contribution in [2.45, 2.75) is 32.0 Å². The number of likely N-dealkylation sites (tertiary alicyclic amines) is 1. The number of aliphatic hydroxyl groups excluding tert-OH is 1. The molecule has 0 saturated carbocycles. The van der Waals surface area contributed by atoms with Crippen molar-refractivity contribution in [3.8, 4) is 5.75 Å². The molecule has 1 aliphatic heterocycles. The summed E-state index contributed by atoms with van der Waals surface area (Å²) in [7, 11) is 1.65. The molecule has 1 aromatic rings. The molecule has 0 aromatic heterocycles. The van der Waals surface area contributed by atoms with Gasteiger partial charge in [-0.15, -0.1) is 0 Å². The first-order valence-corrected chi connectivity index (χ1v) is 5.80. The van der Waals surface area contributed by atoms with Gasteiger partial charge in [-0.25, -0.2) is 0 Å². The van der Waals surface area contributed by atoms with Gasteiger partial charge in [-0.05, 0) is 37.5 Å². The zero-order valence-corrected chi connectivity index (χ0v) is 9.89. The molecule has 2 atom stereocenters. The molecular formula is C13H19NO2. The van der Waals surface area contributed by atoms with Crippen molar-refractivity contribution in [2.24, 2.45) is 0 Å². The van der Waals surface area contributed by atoms with Crippen LogP contribution in [-0.4, -0.2) is 29.7 Å². The van der Waals surface area contributed by atoms with Crippen LogP contribution in [0.2, 0.25) is 0 Å². The summed E-state index contributed by atoms with van der Waals surface area (Å²) in [6.07, 6.45) is 1.87. The molecule has 16 heavy (non-hydrogen) atoms. The molecule has 2 rings (SSSR count). The molecule has 0 bridgehead atoms. The van der Waals surface area contributed by atoms with Gasteiger partial charge in [0.2, 0.25) is 0 Å². The molecule has 3 heteroatoms. The van der Waals surface area contributed by atoms with Crippen molar-refractivity contribution in [1.29, 1.82) is 0 Å². The second kappa shape index (κ2) is 4.85. The molecule has 1 aromatic carbocycles. The van der Waals surface area contributed by atoms with E-state index in [1.807, 2.05) is 24.3 Å². The number of nitrogens with zero attached hydrogens (tertiary/aromatic N) is 1. The molecule has 0 amide bonds. The van der Waals surface area contributed by atoms with E-state index >= 15 is 0 Å². The summed E-state index contributed by atoms with van der Waals surface area (Å²) in [5.74, 6) is 0.824. The average molecular weight is 221 g/mol. The van der Waals surface area contributed by atoms with Crippen LogP contribution in [0, 0.1) is 0 Å². The third-order valence-corrected chi connectivity index (χ3v) is 3.33. The minimum absolute atomic E-state index is 0.470. The van der Waals surface area contributed by atoms with Gasteiger partial charge in [-0.2, -0.15) is 0 Å². The Kier molecular flexibility index (Phi) is 3.46. The lowest BCUT2D eigenvalue weighted by Crippen LogP contribution is -2.31. The molecule has 88 valence electrons. The second-order valence-corrected chi connectivity index (χ2v) is 4.38. The number of rotatable bonds is 3. The molecule has 1 fully saturated rings. The number of hydrogen-bond acceptors (Lipinski definition) is 3. The van der Waals surface area contributed by atoms with Gasteiger partial charge in [0.1, 0.15) is 12.0 Å². The molecule has 1 N–H and O–H groups in total. The molecule has 2 unspecified atom stereocenters. The van der Waals surface area contributed by atoms with E-state index in [0.717, 1.165) is 17.9 Å². The molecule has 1 aliphatic rings. The Morgan fingerprint density at radius 1 is 1.38 bits per heavy atom. The van der Waals surface area contributed by atoms with E-state index in [1.54, 1.807) is 7.11 Å². The van der Waals surface area contributed by atoms with Crippen LogP contribution in [0.1, 0.15) is 31.6 Å². The first kappa shape index (κ1) is 11.4. The summed E-state index contributed by atoms with van der Waals surface area (Å²) in [5.41, 5.74) is 0.939. The van der Waals surface area contributed by atoms with Crippen LogP contribution < -0.4 is 4.74 Å². The van der Waals surface area contributed by atoms with Gasteiger partial charge in [-0.1, -0.05) is 12.1 Å². The van der Waals surface area contributed by atoms with Gasteiger partial charge in [0, 0.05) is 12.6 Å². The van der Waals surface area contributed by atoms with Crippen molar-refractivity contribution in [3.05, 3.63) is 29.8 Å². The van der Waals surface area contributed by atoms with E-state index in [4.69, 9.17) is 4.74 Å². The Balaban J connectivity index is 2.10. The van der Waals surface area contributed by atoms with Crippen LogP contribution in [0.5, 0.6) is 5.75 Å². The van der Waals surface area contributed by atoms with Crippen LogP contribution in [0.25, 0.3) is 0 Å². The fourth-order valence-corrected chi connectivity index (χ4v) is 2.29. The van der Waals surface area contributed by atoms with Gasteiger partial charge in [0.05, 0.1) is 7.11 Å². The largest absolute Gasteiger partial charge is 0.497 e. The minimum atomic E-state index is -0.483. The zero-order valence-electron chi connectivity index (χ0n) is 9.89. The maximum Gasteiger partial charge on any atom is 0.133 e. The van der Waals surface area contributed by atoms with E-state index < -0.39 is 6.23 Å². The van der Waals surface area contributed by atoms with Crippen LogP contribution in [0.4, 0.5) is 0 Å². The van der Waals surface area contributed by atoms with Crippen LogP contribution in [-0.2, 0) is 0 Å². The molecule has 3 nitrogen and oxygen atoms in total. The van der Waals surface area contributed by atoms with E-state index in [9.17, 15) is 5.11 Å². The summed E-state index contributed by atoms with van der Waals surface area (Å²) >= 11 is 0. The molecule has 0 spiro atoms. The first-order chi connectivity index (χ1) is 7.72. The SMILES string of the molecule is COc1ccc(C(O)N2CCCC2C)cc1. The van der Waals surface area contributed by atoms with Crippen molar-refractivity contribution in [3.63, 3.8) is 0 Å². The highest BCUT2D eigenvalue weighted by Gasteiger charge is 2.27. The average Bonchev–Trinajstić information content (AvgIpc) is 2.75. The highest BCUT2D eigenvalue weighted by atomic mass is 16.5. The first-order valence-electron chi connectivity index (χ1n) is 5.80. The van der Waals surface area contributed by atoms with Gasteiger partial charge in [-0.3, -0.25) is 4.90 Å². The van der Waals surface area contributed by atoms with E-state index in [0.29, 0.717) is 6.04 Å². The van der Waals surface area contributed by atoms with Gasteiger partial charge in [0.25, 0.3) is 0 Å². The number of ether oxygens (including phenoxy) is 1. The molecular weight excluding hydrogens is 202 g/mol. The normalized spacial score (nSPS) is 23.3. The van der Waals surface area contributed by atoms with Crippen LogP contribution >= 0.6 is 0 Å². The molecule has 0 aliphatic carbocycles. The molecule has 0 radical (unpaired) electrons. The topological polar surface area (TPSA) is 32.7 Å². The predicted octanol–water partition coefficient (Wildman–Crippen LogP) is 2.17. The Hall–Kier alpha value is -1.06. The Morgan fingerprint density at radius 3 is 2.56 bits per heavy atom. The maximum atomic E-state index is 10.2. The number of hydrogen-bond donors (Lipinski definition) is 1. The minimum Gasteiger partial charge on any atom is -0.497 e. The standard InChI is InChI=1S/C13H19NO2/c1-10-4-3-9-14(10)13(15)11-5-7-12(16-2)8-6-11/h5-8,10,13,15H,3-4,9H2,1-2H3. The highest BCUT2D eigenvalue weighted by molar-refractivity contribution is 5.28. The number of aliphatic hydroxyl groups is 1. The zero-order chi connectivity index (χ0) is 11.5. The quantitative estimate of drug-likeness (QED) is 0.849. The highest BCUT2D eigenvalue weighted by Crippen LogP contribution is 2.28. The van der Waals surface area contributed by atoms with Gasteiger partial charge < -0.3 is 9.84 Å².